The lowest BCUT2D eigenvalue weighted by Gasteiger charge is -2.39. The van der Waals surface area contributed by atoms with Crippen LogP contribution in [0.1, 0.15) is 30.9 Å². The van der Waals surface area contributed by atoms with E-state index in [1.807, 2.05) is 0 Å². The normalized spacial score (nSPS) is 22.9. The van der Waals surface area contributed by atoms with Crippen molar-refractivity contribution in [1.29, 1.82) is 0 Å². The maximum atomic E-state index is 9.58. The van der Waals surface area contributed by atoms with Gasteiger partial charge in [0, 0.05) is 25.1 Å². The highest BCUT2D eigenvalue weighted by molar-refractivity contribution is 5.41. The molecule has 1 aromatic heterocycles. The molecule has 1 aromatic carbocycles. The summed E-state index contributed by atoms with van der Waals surface area (Å²) in [6, 6.07) is 6.49. The van der Waals surface area contributed by atoms with Crippen LogP contribution in [0.2, 0.25) is 0 Å². The molecule has 1 unspecified atom stereocenters. The molecule has 0 spiro atoms. The van der Waals surface area contributed by atoms with Crippen LogP contribution >= 0.6 is 0 Å². The van der Waals surface area contributed by atoms with E-state index < -0.39 is 0 Å². The lowest BCUT2D eigenvalue weighted by Crippen LogP contribution is -2.43. The fraction of sp³-hybridized carbons (Fsp3) is 0.529. The maximum absolute atomic E-state index is 9.58. The monoisotopic (exact) mass is 300 g/mol. The van der Waals surface area contributed by atoms with E-state index >= 15 is 0 Å². The number of aliphatic hydroxyl groups excluding tert-OH is 1. The number of nitrogens with zero attached hydrogens (tertiary/aromatic N) is 4. The molecule has 1 aliphatic rings. The third-order valence-electron chi connectivity index (χ3n) is 4.57. The minimum Gasteiger partial charge on any atom is -0.396 e. The van der Waals surface area contributed by atoms with Gasteiger partial charge >= 0.3 is 0 Å². The van der Waals surface area contributed by atoms with Gasteiger partial charge in [0.1, 0.15) is 12.7 Å². The number of aliphatic hydroxyl groups is 1. The summed E-state index contributed by atoms with van der Waals surface area (Å²) in [7, 11) is 0. The molecule has 5 heteroatoms. The summed E-state index contributed by atoms with van der Waals surface area (Å²) in [4.78, 5) is 6.45. The Labute approximate surface area is 131 Å². The highest BCUT2D eigenvalue weighted by Gasteiger charge is 2.30. The van der Waals surface area contributed by atoms with Gasteiger partial charge in [0.05, 0.1) is 5.69 Å². The molecule has 0 amide bonds. The van der Waals surface area contributed by atoms with Crippen molar-refractivity contribution in [3.8, 4) is 5.69 Å². The zero-order valence-corrected chi connectivity index (χ0v) is 13.4. The molecular weight excluding hydrogens is 276 g/mol. The number of rotatable bonds is 4. The molecule has 2 heterocycles. The second-order valence-corrected chi connectivity index (χ2v) is 6.74. The molecule has 2 aromatic rings. The predicted molar refractivity (Wildman–Crippen MR) is 85.8 cm³/mol. The number of benzene rings is 1. The molecule has 1 fully saturated rings. The van der Waals surface area contributed by atoms with Crippen molar-refractivity contribution in [2.75, 3.05) is 19.7 Å². The number of piperidine rings is 1. The number of aromatic nitrogens is 3. The van der Waals surface area contributed by atoms with Crippen molar-refractivity contribution in [3.63, 3.8) is 0 Å². The highest BCUT2D eigenvalue weighted by atomic mass is 16.3. The lowest BCUT2D eigenvalue weighted by atomic mass is 9.82. The van der Waals surface area contributed by atoms with Crippen molar-refractivity contribution >= 4 is 0 Å². The first-order valence-corrected chi connectivity index (χ1v) is 7.87. The smallest absolute Gasteiger partial charge is 0.138 e. The Bertz CT molecular complexity index is 626. The Hall–Kier alpha value is -1.72. The topological polar surface area (TPSA) is 54.2 Å². The van der Waals surface area contributed by atoms with Crippen LogP contribution in [0.15, 0.2) is 30.9 Å². The molecule has 3 rings (SSSR count). The van der Waals surface area contributed by atoms with E-state index in [0.29, 0.717) is 0 Å². The average Bonchev–Trinajstić information content (AvgIpc) is 3.01. The highest BCUT2D eigenvalue weighted by Crippen LogP contribution is 2.29. The number of hydrogen-bond donors (Lipinski definition) is 1. The van der Waals surface area contributed by atoms with Crippen LogP contribution < -0.4 is 0 Å². The van der Waals surface area contributed by atoms with E-state index in [4.69, 9.17) is 0 Å². The fourth-order valence-electron chi connectivity index (χ4n) is 3.36. The quantitative estimate of drug-likeness (QED) is 0.940. The van der Waals surface area contributed by atoms with E-state index in [1.165, 1.54) is 11.1 Å². The van der Waals surface area contributed by atoms with Crippen LogP contribution in [0.5, 0.6) is 0 Å². The Morgan fingerprint density at radius 3 is 2.91 bits per heavy atom. The van der Waals surface area contributed by atoms with Gasteiger partial charge in [0.25, 0.3) is 0 Å². The van der Waals surface area contributed by atoms with Gasteiger partial charge in [-0.2, -0.15) is 5.10 Å². The summed E-state index contributed by atoms with van der Waals surface area (Å²) in [6.07, 6.45) is 5.55. The summed E-state index contributed by atoms with van der Waals surface area (Å²) in [5.74, 6) is 0. The van der Waals surface area contributed by atoms with Gasteiger partial charge in [-0.05, 0) is 43.5 Å². The van der Waals surface area contributed by atoms with Gasteiger partial charge in [0.2, 0.25) is 0 Å². The van der Waals surface area contributed by atoms with Gasteiger partial charge in [-0.3, -0.25) is 4.90 Å². The fourth-order valence-corrected chi connectivity index (χ4v) is 3.36. The van der Waals surface area contributed by atoms with Crippen molar-refractivity contribution in [3.05, 3.63) is 42.0 Å². The first-order valence-electron chi connectivity index (χ1n) is 7.87. The predicted octanol–water partition coefficient (Wildman–Crippen LogP) is 2.17. The van der Waals surface area contributed by atoms with E-state index in [9.17, 15) is 5.11 Å². The van der Waals surface area contributed by atoms with Gasteiger partial charge in [0.15, 0.2) is 0 Å². The van der Waals surface area contributed by atoms with Crippen LogP contribution in [-0.4, -0.2) is 44.5 Å². The van der Waals surface area contributed by atoms with Crippen LogP contribution in [0, 0.1) is 12.3 Å². The van der Waals surface area contributed by atoms with Gasteiger partial charge in [-0.15, -0.1) is 0 Å². The lowest BCUT2D eigenvalue weighted by molar-refractivity contribution is 0.0429. The first kappa shape index (κ1) is 15.2. The van der Waals surface area contributed by atoms with Gasteiger partial charge < -0.3 is 5.11 Å². The summed E-state index contributed by atoms with van der Waals surface area (Å²) in [5.41, 5.74) is 3.63. The van der Waals surface area contributed by atoms with E-state index in [2.05, 4.69) is 47.0 Å². The molecule has 1 aliphatic heterocycles. The van der Waals surface area contributed by atoms with Gasteiger partial charge in [-0.25, -0.2) is 9.67 Å². The van der Waals surface area contributed by atoms with Crippen molar-refractivity contribution in [2.24, 2.45) is 5.41 Å². The first-order chi connectivity index (χ1) is 10.6. The summed E-state index contributed by atoms with van der Waals surface area (Å²) >= 11 is 0. The second-order valence-electron chi connectivity index (χ2n) is 6.74. The Kier molecular flexibility index (Phi) is 4.27. The molecule has 0 bridgehead atoms. The standard InChI is InChI=1S/C17H24N4O/c1-14-8-15(4-5-16(14)21-13-18-12-19-21)9-20-7-3-6-17(2,10-20)11-22/h4-5,8,12-13,22H,3,6-7,9-11H2,1-2H3. The number of aryl methyl sites for hydroxylation is 1. The van der Waals surface area contributed by atoms with E-state index in [0.717, 1.165) is 38.2 Å². The zero-order valence-electron chi connectivity index (χ0n) is 13.4. The summed E-state index contributed by atoms with van der Waals surface area (Å²) < 4.78 is 1.79. The average molecular weight is 300 g/mol. The summed E-state index contributed by atoms with van der Waals surface area (Å²) in [5, 5.41) is 13.8. The maximum Gasteiger partial charge on any atom is 0.138 e. The van der Waals surface area contributed by atoms with Crippen LogP contribution in [0.4, 0.5) is 0 Å². The number of likely N-dealkylation sites (tertiary alicyclic amines) is 1. The molecule has 118 valence electrons. The van der Waals surface area contributed by atoms with Gasteiger partial charge in [-0.1, -0.05) is 19.1 Å². The third-order valence-corrected chi connectivity index (χ3v) is 4.57. The SMILES string of the molecule is Cc1cc(CN2CCCC(C)(CO)C2)ccc1-n1cncn1. The number of hydrogen-bond acceptors (Lipinski definition) is 4. The molecule has 0 radical (unpaired) electrons. The van der Waals surface area contributed by atoms with Crippen LogP contribution in [0.25, 0.3) is 5.69 Å². The molecule has 1 atom stereocenters. The third kappa shape index (κ3) is 3.20. The Morgan fingerprint density at radius 2 is 2.23 bits per heavy atom. The molecule has 0 aliphatic carbocycles. The van der Waals surface area contributed by atoms with E-state index in [-0.39, 0.29) is 12.0 Å². The largest absolute Gasteiger partial charge is 0.396 e. The minimum atomic E-state index is 0.0496. The van der Waals surface area contributed by atoms with Crippen LogP contribution in [-0.2, 0) is 6.54 Å². The Morgan fingerprint density at radius 1 is 1.36 bits per heavy atom. The molecule has 1 N–H and O–H groups in total. The molecular formula is C17H24N4O. The van der Waals surface area contributed by atoms with Crippen molar-refractivity contribution < 1.29 is 5.11 Å². The molecule has 22 heavy (non-hydrogen) atoms. The molecule has 5 nitrogen and oxygen atoms in total. The zero-order chi connectivity index (χ0) is 15.6. The minimum absolute atomic E-state index is 0.0496. The van der Waals surface area contributed by atoms with Crippen LogP contribution in [0.3, 0.4) is 0 Å². The molecule has 1 saturated heterocycles. The molecule has 0 saturated carbocycles. The Balaban J connectivity index is 1.72. The summed E-state index contributed by atoms with van der Waals surface area (Å²) in [6.45, 7) is 7.57. The second kappa shape index (κ2) is 6.18. The van der Waals surface area contributed by atoms with E-state index in [1.54, 1.807) is 17.3 Å². The van der Waals surface area contributed by atoms with Crippen molar-refractivity contribution in [2.45, 2.75) is 33.2 Å². The van der Waals surface area contributed by atoms with Crippen molar-refractivity contribution in [1.82, 2.24) is 19.7 Å².